The first kappa shape index (κ1) is 5.91. The fourth-order valence-corrected chi connectivity index (χ4v) is 1.09. The van der Waals surface area contributed by atoms with E-state index in [2.05, 4.69) is 6.07 Å². The minimum absolute atomic E-state index is 0.0588. The number of nitrogens with zero attached hydrogens (tertiary/aromatic N) is 1. The van der Waals surface area contributed by atoms with Gasteiger partial charge in [0.15, 0.2) is 0 Å². The maximum absolute atomic E-state index is 8.42. The highest BCUT2D eigenvalue weighted by Gasteiger charge is 2.61. The van der Waals surface area contributed by atoms with Gasteiger partial charge >= 0.3 is 0 Å². The van der Waals surface area contributed by atoms with Crippen LogP contribution in [-0.4, -0.2) is 4.87 Å². The van der Waals surface area contributed by atoms with Gasteiger partial charge in [-0.05, 0) is 11.8 Å². The van der Waals surface area contributed by atoms with Crippen molar-refractivity contribution in [2.75, 3.05) is 0 Å². The molecule has 0 heterocycles. The van der Waals surface area contributed by atoms with E-state index < -0.39 is 4.87 Å². The molecule has 0 aliphatic heterocycles. The van der Waals surface area contributed by atoms with Crippen molar-refractivity contribution in [2.24, 2.45) is 5.41 Å². The number of hydrogen-bond acceptors (Lipinski definition) is 1. The van der Waals surface area contributed by atoms with Crippen molar-refractivity contribution < 1.29 is 0 Å². The number of rotatable bonds is 0. The van der Waals surface area contributed by atoms with Crippen molar-refractivity contribution in [3.8, 4) is 6.07 Å². The summed E-state index contributed by atoms with van der Waals surface area (Å²) in [5.74, 6) is 0. The van der Waals surface area contributed by atoms with Gasteiger partial charge in [-0.1, -0.05) is 13.8 Å². The Kier molecular flexibility index (Phi) is 0.881. The van der Waals surface area contributed by atoms with Crippen molar-refractivity contribution in [1.82, 2.24) is 0 Å². The molecule has 0 aromatic heterocycles. The summed E-state index contributed by atoms with van der Waals surface area (Å²) in [5, 5.41) is 8.42. The highest BCUT2D eigenvalue weighted by atomic mass is 35.5. The van der Waals surface area contributed by atoms with Crippen molar-refractivity contribution >= 4 is 11.6 Å². The van der Waals surface area contributed by atoms with Gasteiger partial charge in [0.25, 0.3) is 0 Å². The number of hydrogen-bond donors (Lipinski definition) is 0. The van der Waals surface area contributed by atoms with E-state index in [0.29, 0.717) is 0 Å². The topological polar surface area (TPSA) is 23.8 Å². The molecular formula is C6H8ClN. The van der Waals surface area contributed by atoms with E-state index in [1.165, 1.54) is 0 Å². The molecule has 1 fully saturated rings. The average Bonchev–Trinajstić information content (AvgIpc) is 2.10. The van der Waals surface area contributed by atoms with Crippen LogP contribution >= 0.6 is 11.6 Å². The zero-order valence-corrected chi connectivity index (χ0v) is 5.79. The third-order valence-electron chi connectivity index (χ3n) is 1.81. The first-order chi connectivity index (χ1) is 3.52. The SMILES string of the molecule is CC1(C)CC1(Cl)C#N. The van der Waals surface area contributed by atoms with Crippen LogP contribution in [0.1, 0.15) is 20.3 Å². The third-order valence-corrected chi connectivity index (χ3v) is 2.54. The molecule has 1 saturated carbocycles. The Bertz CT molecular complexity index is 156. The molecule has 8 heavy (non-hydrogen) atoms. The molecule has 44 valence electrons. The molecule has 0 amide bonds. The smallest absolute Gasteiger partial charge is 0.136 e. The summed E-state index contributed by atoms with van der Waals surface area (Å²) in [7, 11) is 0. The molecule has 0 aromatic carbocycles. The Labute approximate surface area is 54.3 Å². The molecule has 1 nitrogen and oxygen atoms in total. The summed E-state index contributed by atoms with van der Waals surface area (Å²) in [6, 6.07) is 2.07. The fraction of sp³-hybridized carbons (Fsp3) is 0.833. The predicted molar refractivity (Wildman–Crippen MR) is 32.6 cm³/mol. The predicted octanol–water partition coefficient (Wildman–Crippen LogP) is 1.92. The van der Waals surface area contributed by atoms with Crippen LogP contribution in [0.4, 0.5) is 0 Å². The zero-order valence-electron chi connectivity index (χ0n) is 5.03. The van der Waals surface area contributed by atoms with E-state index >= 15 is 0 Å². The number of alkyl halides is 1. The normalized spacial score (nSPS) is 40.8. The minimum Gasteiger partial charge on any atom is -0.196 e. The quantitative estimate of drug-likeness (QED) is 0.459. The van der Waals surface area contributed by atoms with Crippen LogP contribution in [0.2, 0.25) is 0 Å². The van der Waals surface area contributed by atoms with Gasteiger partial charge in [-0.2, -0.15) is 5.26 Å². The Hall–Kier alpha value is -0.220. The highest BCUT2D eigenvalue weighted by Crippen LogP contribution is 2.59. The van der Waals surface area contributed by atoms with Gasteiger partial charge in [0.2, 0.25) is 0 Å². The maximum Gasteiger partial charge on any atom is 0.136 e. The molecule has 1 aliphatic carbocycles. The van der Waals surface area contributed by atoms with Gasteiger partial charge < -0.3 is 0 Å². The van der Waals surface area contributed by atoms with Crippen LogP contribution in [0.3, 0.4) is 0 Å². The van der Waals surface area contributed by atoms with Gasteiger partial charge in [-0.25, -0.2) is 0 Å². The van der Waals surface area contributed by atoms with Gasteiger partial charge in [-0.3, -0.25) is 0 Å². The lowest BCUT2D eigenvalue weighted by Gasteiger charge is -1.98. The van der Waals surface area contributed by atoms with Crippen LogP contribution in [0.5, 0.6) is 0 Å². The van der Waals surface area contributed by atoms with Gasteiger partial charge in [-0.15, -0.1) is 11.6 Å². The largest absolute Gasteiger partial charge is 0.196 e. The average molecular weight is 130 g/mol. The number of halogens is 1. The lowest BCUT2D eigenvalue weighted by molar-refractivity contribution is 0.627. The zero-order chi connectivity index (χ0) is 6.41. The Morgan fingerprint density at radius 1 is 1.62 bits per heavy atom. The molecule has 0 saturated heterocycles. The van der Waals surface area contributed by atoms with Gasteiger partial charge in [0.05, 0.1) is 6.07 Å². The summed E-state index contributed by atoms with van der Waals surface area (Å²) in [4.78, 5) is -0.535. The molecule has 0 N–H and O–H groups in total. The van der Waals surface area contributed by atoms with Crippen LogP contribution < -0.4 is 0 Å². The lowest BCUT2D eigenvalue weighted by Crippen LogP contribution is -2.02. The van der Waals surface area contributed by atoms with E-state index in [9.17, 15) is 0 Å². The van der Waals surface area contributed by atoms with Crippen LogP contribution in [0.15, 0.2) is 0 Å². The summed E-state index contributed by atoms with van der Waals surface area (Å²) < 4.78 is 0. The first-order valence-corrected chi connectivity index (χ1v) is 3.00. The van der Waals surface area contributed by atoms with Gasteiger partial charge in [0, 0.05) is 0 Å². The van der Waals surface area contributed by atoms with Crippen molar-refractivity contribution in [3.05, 3.63) is 0 Å². The highest BCUT2D eigenvalue weighted by molar-refractivity contribution is 6.28. The summed E-state index contributed by atoms with van der Waals surface area (Å²) in [5.41, 5.74) is 0.0588. The monoisotopic (exact) mass is 129 g/mol. The van der Waals surface area contributed by atoms with E-state index in [0.717, 1.165) is 6.42 Å². The second-order valence-corrected chi connectivity index (χ2v) is 3.62. The molecule has 1 atom stereocenters. The molecular weight excluding hydrogens is 122 g/mol. The van der Waals surface area contributed by atoms with Crippen LogP contribution in [0.25, 0.3) is 0 Å². The molecule has 1 rings (SSSR count). The van der Waals surface area contributed by atoms with Crippen molar-refractivity contribution in [3.63, 3.8) is 0 Å². The molecule has 0 spiro atoms. The maximum atomic E-state index is 8.42. The number of nitriles is 1. The second-order valence-electron chi connectivity index (χ2n) is 2.97. The molecule has 0 radical (unpaired) electrons. The molecule has 0 aromatic rings. The molecule has 2 heteroatoms. The Balaban J connectivity index is 2.72. The van der Waals surface area contributed by atoms with Crippen LogP contribution in [0, 0.1) is 16.7 Å². The molecule has 1 aliphatic rings. The first-order valence-electron chi connectivity index (χ1n) is 2.62. The van der Waals surface area contributed by atoms with E-state index in [4.69, 9.17) is 16.9 Å². The Morgan fingerprint density at radius 2 is 2.00 bits per heavy atom. The summed E-state index contributed by atoms with van der Waals surface area (Å²) in [6.07, 6.45) is 0.831. The standard InChI is InChI=1S/C6H8ClN/c1-5(2)3-6(5,7)4-8/h3H2,1-2H3. The van der Waals surface area contributed by atoms with Gasteiger partial charge in [0.1, 0.15) is 4.87 Å². The summed E-state index contributed by atoms with van der Waals surface area (Å²) in [6.45, 7) is 4.01. The van der Waals surface area contributed by atoms with Crippen LogP contribution in [-0.2, 0) is 0 Å². The van der Waals surface area contributed by atoms with E-state index in [-0.39, 0.29) is 5.41 Å². The van der Waals surface area contributed by atoms with E-state index in [1.807, 2.05) is 13.8 Å². The lowest BCUT2D eigenvalue weighted by atomic mass is 10.1. The van der Waals surface area contributed by atoms with E-state index in [1.54, 1.807) is 0 Å². The van der Waals surface area contributed by atoms with Crippen molar-refractivity contribution in [2.45, 2.75) is 25.1 Å². The second kappa shape index (κ2) is 1.19. The summed E-state index contributed by atoms with van der Waals surface area (Å²) >= 11 is 5.76. The Morgan fingerprint density at radius 3 is 2.00 bits per heavy atom. The molecule has 1 unspecified atom stereocenters. The fourth-order valence-electron chi connectivity index (χ4n) is 0.756. The van der Waals surface area contributed by atoms with Crippen molar-refractivity contribution in [1.29, 1.82) is 5.26 Å². The minimum atomic E-state index is -0.535. The molecule has 0 bridgehead atoms. The third kappa shape index (κ3) is 0.530.